The summed E-state index contributed by atoms with van der Waals surface area (Å²) in [6.45, 7) is 2.20. The fraction of sp³-hybridized carbons (Fsp3) is 0.200. The molecule has 1 amide bonds. The lowest BCUT2D eigenvalue weighted by atomic mass is 10.2. The molecule has 0 aliphatic carbocycles. The van der Waals surface area contributed by atoms with E-state index < -0.39 is 21.5 Å². The van der Waals surface area contributed by atoms with Crippen LogP contribution in [0.4, 0.5) is 0 Å². The summed E-state index contributed by atoms with van der Waals surface area (Å²) in [5.74, 6) is 1.61. The monoisotopic (exact) mass is 414 g/mol. The Balaban J connectivity index is 1.95. The molecule has 144 valence electrons. The highest BCUT2D eigenvalue weighted by Crippen LogP contribution is 2.19. The van der Waals surface area contributed by atoms with Gasteiger partial charge in [-0.05, 0) is 48.9 Å². The number of fused-ring (bicyclic) bond motifs is 1. The van der Waals surface area contributed by atoms with Gasteiger partial charge in [0.25, 0.3) is 5.91 Å². The largest absolute Gasteiger partial charge is 0.497 e. The van der Waals surface area contributed by atoms with E-state index in [2.05, 4.69) is 10.9 Å². The van der Waals surface area contributed by atoms with Crippen LogP contribution in [0.3, 0.4) is 0 Å². The second kappa shape index (κ2) is 8.00. The molecular formula is C20H18N2O4S2. The number of ether oxygens (including phenoxy) is 1. The lowest BCUT2D eigenvalue weighted by Crippen LogP contribution is -2.20. The van der Waals surface area contributed by atoms with Crippen LogP contribution in [0.15, 0.2) is 52.4 Å². The Morgan fingerprint density at radius 2 is 1.96 bits per heavy atom. The molecule has 0 bridgehead atoms. The van der Waals surface area contributed by atoms with E-state index in [1.807, 2.05) is 25.1 Å². The molecule has 2 aromatic carbocycles. The van der Waals surface area contributed by atoms with Crippen molar-refractivity contribution in [1.29, 1.82) is 0 Å². The Bertz CT molecular complexity index is 1240. The van der Waals surface area contributed by atoms with Gasteiger partial charge in [-0.3, -0.25) is 4.79 Å². The summed E-state index contributed by atoms with van der Waals surface area (Å²) in [6, 6.07) is 11.7. The molecule has 6 nitrogen and oxygen atoms in total. The molecule has 0 N–H and O–H groups in total. The maximum absolute atomic E-state index is 12.5. The average Bonchev–Trinajstić information content (AvgIpc) is 2.97. The molecular weight excluding hydrogens is 396 g/mol. The third kappa shape index (κ3) is 4.16. The number of terminal acetylenes is 1. The Hall–Kier alpha value is -2.89. The van der Waals surface area contributed by atoms with Gasteiger partial charge >= 0.3 is 0 Å². The van der Waals surface area contributed by atoms with E-state index in [0.29, 0.717) is 10.6 Å². The summed E-state index contributed by atoms with van der Waals surface area (Å²) in [5.41, 5.74) is 1.93. The molecule has 0 spiro atoms. The van der Waals surface area contributed by atoms with Crippen LogP contribution in [0.2, 0.25) is 0 Å². The summed E-state index contributed by atoms with van der Waals surface area (Å²) >= 11 is 1.30. The van der Waals surface area contributed by atoms with Crippen LogP contribution < -0.4 is 9.54 Å². The number of aryl methyl sites for hydroxylation is 1. The second-order valence-electron chi connectivity index (χ2n) is 6.09. The van der Waals surface area contributed by atoms with Crippen LogP contribution in [-0.2, 0) is 21.2 Å². The molecule has 8 heteroatoms. The zero-order valence-corrected chi connectivity index (χ0v) is 17.0. The van der Waals surface area contributed by atoms with Crippen molar-refractivity contribution in [2.24, 2.45) is 4.99 Å². The minimum Gasteiger partial charge on any atom is -0.497 e. The SMILES string of the molecule is C#CCn1c(=NC(=O)CS(=O)(=O)c2ccc(OC)cc2)sc2cc(C)ccc21. The Labute approximate surface area is 167 Å². The number of carbonyl (C=O) groups excluding carboxylic acids is 1. The third-order valence-electron chi connectivity index (χ3n) is 4.04. The molecule has 3 aromatic rings. The van der Waals surface area contributed by atoms with Crippen LogP contribution in [0.5, 0.6) is 5.75 Å². The van der Waals surface area contributed by atoms with Gasteiger partial charge in [-0.25, -0.2) is 8.42 Å². The normalized spacial score (nSPS) is 12.1. The maximum atomic E-state index is 12.5. The highest BCUT2D eigenvalue weighted by Gasteiger charge is 2.19. The van der Waals surface area contributed by atoms with Crippen LogP contribution in [0.25, 0.3) is 10.2 Å². The molecule has 0 aliphatic rings. The third-order valence-corrected chi connectivity index (χ3v) is 6.70. The van der Waals surface area contributed by atoms with Crippen LogP contribution in [0.1, 0.15) is 5.56 Å². The first-order valence-electron chi connectivity index (χ1n) is 8.32. The fourth-order valence-corrected chi connectivity index (χ4v) is 4.93. The zero-order chi connectivity index (χ0) is 20.3. The first-order valence-corrected chi connectivity index (χ1v) is 10.8. The number of methoxy groups -OCH3 is 1. The molecule has 0 saturated carbocycles. The van der Waals surface area contributed by atoms with Crippen molar-refractivity contribution in [3.8, 4) is 18.1 Å². The quantitative estimate of drug-likeness (QED) is 0.601. The van der Waals surface area contributed by atoms with E-state index in [-0.39, 0.29) is 11.4 Å². The lowest BCUT2D eigenvalue weighted by Gasteiger charge is -2.04. The van der Waals surface area contributed by atoms with Crippen molar-refractivity contribution in [1.82, 2.24) is 4.57 Å². The first-order chi connectivity index (χ1) is 13.3. The van der Waals surface area contributed by atoms with Gasteiger partial charge < -0.3 is 9.30 Å². The summed E-state index contributed by atoms with van der Waals surface area (Å²) in [4.78, 5) is 16.9. The number of sulfone groups is 1. The first kappa shape index (κ1) is 19.9. The van der Waals surface area contributed by atoms with Crippen LogP contribution in [0, 0.1) is 19.3 Å². The van der Waals surface area contributed by atoms with E-state index in [9.17, 15) is 13.2 Å². The number of amides is 1. The smallest absolute Gasteiger partial charge is 0.263 e. The summed E-state index contributed by atoms with van der Waals surface area (Å²) in [7, 11) is -2.32. The van der Waals surface area contributed by atoms with Gasteiger partial charge in [-0.2, -0.15) is 4.99 Å². The maximum Gasteiger partial charge on any atom is 0.263 e. The minimum absolute atomic E-state index is 0.0420. The number of rotatable bonds is 5. The van der Waals surface area contributed by atoms with Gasteiger partial charge in [0.2, 0.25) is 0 Å². The zero-order valence-electron chi connectivity index (χ0n) is 15.4. The van der Waals surface area contributed by atoms with E-state index in [1.54, 1.807) is 4.57 Å². The van der Waals surface area contributed by atoms with Gasteiger partial charge in [-0.1, -0.05) is 23.3 Å². The molecule has 1 aromatic heterocycles. The number of nitrogens with zero attached hydrogens (tertiary/aromatic N) is 2. The van der Waals surface area contributed by atoms with E-state index >= 15 is 0 Å². The van der Waals surface area contributed by atoms with Crippen molar-refractivity contribution >= 4 is 37.3 Å². The average molecular weight is 415 g/mol. The fourth-order valence-electron chi connectivity index (χ4n) is 2.68. The molecule has 1 heterocycles. The Morgan fingerprint density at radius 3 is 2.61 bits per heavy atom. The Kier molecular flexibility index (Phi) is 5.68. The standard InChI is InChI=1S/C20H18N2O4S2/c1-4-11-22-17-10-5-14(2)12-18(17)27-20(22)21-19(23)13-28(24,25)16-8-6-15(26-3)7-9-16/h1,5-10,12H,11,13H2,2-3H3. The highest BCUT2D eigenvalue weighted by atomic mass is 32.2. The van der Waals surface area contributed by atoms with E-state index in [1.165, 1.54) is 42.7 Å². The van der Waals surface area contributed by atoms with Crippen molar-refractivity contribution < 1.29 is 17.9 Å². The summed E-state index contributed by atoms with van der Waals surface area (Å²) in [6.07, 6.45) is 5.44. The summed E-state index contributed by atoms with van der Waals surface area (Å²) in [5, 5.41) is 0. The topological polar surface area (TPSA) is 77.7 Å². The number of aromatic nitrogens is 1. The summed E-state index contributed by atoms with van der Waals surface area (Å²) < 4.78 is 32.7. The minimum atomic E-state index is -3.81. The van der Waals surface area contributed by atoms with Crippen molar-refractivity contribution in [3.05, 3.63) is 52.8 Å². The lowest BCUT2D eigenvalue weighted by molar-refractivity contribution is -0.115. The molecule has 0 atom stereocenters. The van der Waals surface area contributed by atoms with Gasteiger partial charge in [0, 0.05) is 0 Å². The van der Waals surface area contributed by atoms with Gasteiger partial charge in [0.05, 0.1) is 28.8 Å². The van der Waals surface area contributed by atoms with Gasteiger partial charge in [0.1, 0.15) is 11.5 Å². The van der Waals surface area contributed by atoms with Crippen LogP contribution in [-0.4, -0.2) is 31.8 Å². The number of benzene rings is 2. The molecule has 0 saturated heterocycles. The van der Waals surface area contributed by atoms with Crippen LogP contribution >= 0.6 is 11.3 Å². The van der Waals surface area contributed by atoms with Crippen molar-refractivity contribution in [2.75, 3.05) is 12.9 Å². The molecule has 0 unspecified atom stereocenters. The van der Waals surface area contributed by atoms with Crippen molar-refractivity contribution in [3.63, 3.8) is 0 Å². The number of hydrogen-bond donors (Lipinski definition) is 0. The number of thiazole rings is 1. The molecule has 28 heavy (non-hydrogen) atoms. The molecule has 0 aliphatic heterocycles. The van der Waals surface area contributed by atoms with Gasteiger partial charge in [0.15, 0.2) is 14.6 Å². The number of carbonyl (C=O) groups is 1. The Morgan fingerprint density at radius 1 is 1.25 bits per heavy atom. The van der Waals surface area contributed by atoms with Crippen molar-refractivity contribution in [2.45, 2.75) is 18.4 Å². The molecule has 0 fully saturated rings. The predicted octanol–water partition coefficient (Wildman–Crippen LogP) is 2.55. The predicted molar refractivity (Wildman–Crippen MR) is 109 cm³/mol. The highest BCUT2D eigenvalue weighted by molar-refractivity contribution is 7.92. The number of hydrogen-bond acceptors (Lipinski definition) is 5. The van der Waals surface area contributed by atoms with Gasteiger partial charge in [-0.15, -0.1) is 6.42 Å². The molecule has 0 radical (unpaired) electrons. The van der Waals surface area contributed by atoms with E-state index in [0.717, 1.165) is 15.8 Å². The van der Waals surface area contributed by atoms with E-state index in [4.69, 9.17) is 11.2 Å². The molecule has 3 rings (SSSR count). The second-order valence-corrected chi connectivity index (χ2v) is 9.08.